The van der Waals surface area contributed by atoms with Gasteiger partial charge in [-0.3, -0.25) is 4.79 Å². The number of nitrogens with one attached hydrogen (secondary N) is 1. The van der Waals surface area contributed by atoms with Crippen molar-refractivity contribution in [1.29, 1.82) is 0 Å². The number of hydrogen-bond acceptors (Lipinski definition) is 7. The zero-order valence-corrected chi connectivity index (χ0v) is 16.1. The number of carbonyl (C=O) groups excluding carboxylic acids is 3. The number of amides is 1. The minimum Gasteiger partial charge on any atom is -0.466 e. The van der Waals surface area contributed by atoms with Crippen molar-refractivity contribution < 1.29 is 28.6 Å². The minimum absolute atomic E-state index is 0.00200. The van der Waals surface area contributed by atoms with Gasteiger partial charge < -0.3 is 24.4 Å². The largest absolute Gasteiger partial charge is 0.466 e. The monoisotopic (exact) mass is 396 g/mol. The second-order valence-electron chi connectivity index (χ2n) is 5.64. The van der Waals surface area contributed by atoms with Crippen LogP contribution in [0.1, 0.15) is 23.7 Å². The van der Waals surface area contributed by atoms with Crippen LogP contribution in [0.3, 0.4) is 0 Å². The number of benzene rings is 1. The number of rotatable bonds is 6. The Morgan fingerprint density at radius 1 is 1.22 bits per heavy atom. The molecule has 1 aromatic carbocycles. The van der Waals surface area contributed by atoms with Crippen LogP contribution < -0.4 is 10.2 Å². The van der Waals surface area contributed by atoms with E-state index < -0.39 is 11.9 Å². The number of nitrogens with zero attached hydrogens (tertiary/aromatic N) is 1. The van der Waals surface area contributed by atoms with Crippen molar-refractivity contribution in [1.82, 2.24) is 5.32 Å². The molecule has 0 atom stereocenters. The second-order valence-corrected chi connectivity index (χ2v) is 6.04. The second kappa shape index (κ2) is 9.38. The highest BCUT2D eigenvalue weighted by molar-refractivity contribution is 6.34. The molecule has 0 fully saturated rings. The molecule has 1 amide bonds. The molecule has 0 aromatic heterocycles. The van der Waals surface area contributed by atoms with Crippen LogP contribution in [-0.2, 0) is 23.8 Å². The molecule has 9 heteroatoms. The van der Waals surface area contributed by atoms with Crippen LogP contribution in [0.15, 0.2) is 29.5 Å². The number of methoxy groups -OCH3 is 2. The first kappa shape index (κ1) is 20.7. The van der Waals surface area contributed by atoms with E-state index in [1.54, 1.807) is 12.1 Å². The maximum absolute atomic E-state index is 12.3. The molecule has 1 aliphatic heterocycles. The van der Waals surface area contributed by atoms with Crippen LogP contribution in [0.2, 0.25) is 5.02 Å². The highest BCUT2D eigenvalue weighted by atomic mass is 35.5. The van der Waals surface area contributed by atoms with Gasteiger partial charge in [0.2, 0.25) is 0 Å². The molecule has 0 aliphatic carbocycles. The lowest BCUT2D eigenvalue weighted by molar-refractivity contribution is -0.140. The van der Waals surface area contributed by atoms with E-state index in [4.69, 9.17) is 25.8 Å². The van der Waals surface area contributed by atoms with Crippen molar-refractivity contribution in [2.24, 2.45) is 0 Å². The SMILES string of the molecule is CCCNC(=O)c1cc(N2COCC(C(=O)OC)=C2C(=O)OC)ccc1Cl. The quantitative estimate of drug-likeness (QED) is 0.733. The summed E-state index contributed by atoms with van der Waals surface area (Å²) in [5.41, 5.74) is 0.722. The third-order valence-electron chi connectivity index (χ3n) is 3.87. The van der Waals surface area contributed by atoms with Gasteiger partial charge in [-0.2, -0.15) is 0 Å². The number of esters is 2. The number of anilines is 1. The summed E-state index contributed by atoms with van der Waals surface area (Å²) in [5.74, 6) is -1.75. The van der Waals surface area contributed by atoms with Crippen molar-refractivity contribution in [2.45, 2.75) is 13.3 Å². The van der Waals surface area contributed by atoms with E-state index in [1.807, 2.05) is 6.92 Å². The molecular formula is C18H21ClN2O6. The van der Waals surface area contributed by atoms with Gasteiger partial charge in [-0.05, 0) is 24.6 Å². The Balaban J connectivity index is 2.50. The zero-order valence-electron chi connectivity index (χ0n) is 15.3. The first-order valence-corrected chi connectivity index (χ1v) is 8.65. The highest BCUT2D eigenvalue weighted by Crippen LogP contribution is 2.29. The van der Waals surface area contributed by atoms with E-state index in [0.717, 1.165) is 6.42 Å². The zero-order chi connectivity index (χ0) is 20.0. The normalized spacial score (nSPS) is 14.0. The molecule has 0 spiro atoms. The molecule has 1 N–H and O–H groups in total. The van der Waals surface area contributed by atoms with E-state index in [1.165, 1.54) is 25.2 Å². The van der Waals surface area contributed by atoms with Crippen LogP contribution in [0.25, 0.3) is 0 Å². The number of halogens is 1. The number of hydrogen-bond donors (Lipinski definition) is 1. The average molecular weight is 397 g/mol. The van der Waals surface area contributed by atoms with Crippen molar-refractivity contribution >= 4 is 35.1 Å². The number of ether oxygens (including phenoxy) is 3. The molecular weight excluding hydrogens is 376 g/mol. The van der Waals surface area contributed by atoms with Gasteiger partial charge in [-0.25, -0.2) is 9.59 Å². The molecule has 146 valence electrons. The van der Waals surface area contributed by atoms with Crippen LogP contribution >= 0.6 is 11.6 Å². The lowest BCUT2D eigenvalue weighted by Gasteiger charge is -2.31. The van der Waals surface area contributed by atoms with E-state index in [-0.39, 0.29) is 41.1 Å². The third kappa shape index (κ3) is 4.58. The third-order valence-corrected chi connectivity index (χ3v) is 4.20. The Kier molecular flexibility index (Phi) is 7.20. The van der Waals surface area contributed by atoms with E-state index in [2.05, 4.69) is 5.32 Å². The fraction of sp³-hybridized carbons (Fsp3) is 0.389. The molecule has 0 saturated carbocycles. The smallest absolute Gasteiger partial charge is 0.355 e. The van der Waals surface area contributed by atoms with Gasteiger partial charge in [-0.15, -0.1) is 0 Å². The molecule has 0 radical (unpaired) electrons. The predicted octanol–water partition coefficient (Wildman–Crippen LogP) is 1.87. The van der Waals surface area contributed by atoms with Crippen molar-refractivity contribution in [2.75, 3.05) is 39.0 Å². The summed E-state index contributed by atoms with van der Waals surface area (Å²) in [6.45, 7) is 2.34. The standard InChI is InChI=1S/C18H21ClN2O6/c1-4-7-20-16(22)12-8-11(5-6-14(12)19)21-10-27-9-13(17(23)25-2)15(21)18(24)26-3/h5-6,8H,4,7,9-10H2,1-3H3,(H,20,22). The van der Waals surface area contributed by atoms with Gasteiger partial charge in [0.1, 0.15) is 12.4 Å². The van der Waals surface area contributed by atoms with Gasteiger partial charge in [0, 0.05) is 12.2 Å². The van der Waals surface area contributed by atoms with Crippen LogP contribution in [0, 0.1) is 0 Å². The van der Waals surface area contributed by atoms with E-state index >= 15 is 0 Å². The van der Waals surface area contributed by atoms with Crippen LogP contribution in [0.5, 0.6) is 0 Å². The van der Waals surface area contributed by atoms with Gasteiger partial charge in [0.15, 0.2) is 0 Å². The molecule has 1 heterocycles. The fourth-order valence-corrected chi connectivity index (χ4v) is 2.74. The Bertz CT molecular complexity index is 777. The summed E-state index contributed by atoms with van der Waals surface area (Å²) < 4.78 is 15.0. The first-order valence-electron chi connectivity index (χ1n) is 8.27. The van der Waals surface area contributed by atoms with E-state index in [9.17, 15) is 14.4 Å². The van der Waals surface area contributed by atoms with Gasteiger partial charge >= 0.3 is 11.9 Å². The van der Waals surface area contributed by atoms with Crippen molar-refractivity contribution in [3.8, 4) is 0 Å². The molecule has 0 unspecified atom stereocenters. The molecule has 1 aromatic rings. The Hall–Kier alpha value is -2.58. The summed E-state index contributed by atoms with van der Waals surface area (Å²) in [6, 6.07) is 4.68. The molecule has 0 bridgehead atoms. The Labute approximate surface area is 162 Å². The summed E-state index contributed by atoms with van der Waals surface area (Å²) in [5, 5.41) is 3.02. The summed E-state index contributed by atoms with van der Waals surface area (Å²) in [6.07, 6.45) is 0.779. The minimum atomic E-state index is -0.717. The maximum atomic E-state index is 12.3. The van der Waals surface area contributed by atoms with E-state index in [0.29, 0.717) is 12.2 Å². The van der Waals surface area contributed by atoms with Crippen LogP contribution in [-0.4, -0.2) is 51.9 Å². The average Bonchev–Trinajstić information content (AvgIpc) is 2.70. The predicted molar refractivity (Wildman–Crippen MR) is 98.4 cm³/mol. The Morgan fingerprint density at radius 3 is 2.56 bits per heavy atom. The van der Waals surface area contributed by atoms with Crippen LogP contribution in [0.4, 0.5) is 5.69 Å². The number of carbonyl (C=O) groups is 3. The summed E-state index contributed by atoms with van der Waals surface area (Å²) in [7, 11) is 2.42. The summed E-state index contributed by atoms with van der Waals surface area (Å²) >= 11 is 6.15. The maximum Gasteiger partial charge on any atom is 0.355 e. The van der Waals surface area contributed by atoms with Gasteiger partial charge in [-0.1, -0.05) is 18.5 Å². The molecule has 1 aliphatic rings. The van der Waals surface area contributed by atoms with Crippen molar-refractivity contribution in [3.63, 3.8) is 0 Å². The molecule has 2 rings (SSSR count). The molecule has 27 heavy (non-hydrogen) atoms. The molecule has 8 nitrogen and oxygen atoms in total. The van der Waals surface area contributed by atoms with Gasteiger partial charge in [0.05, 0.1) is 37.0 Å². The summed E-state index contributed by atoms with van der Waals surface area (Å²) in [4.78, 5) is 38.1. The molecule has 0 saturated heterocycles. The lowest BCUT2D eigenvalue weighted by atomic mass is 10.1. The first-order chi connectivity index (χ1) is 12.9. The topological polar surface area (TPSA) is 94.2 Å². The van der Waals surface area contributed by atoms with Gasteiger partial charge in [0.25, 0.3) is 5.91 Å². The van der Waals surface area contributed by atoms with Crippen molar-refractivity contribution in [3.05, 3.63) is 40.1 Å². The lowest BCUT2D eigenvalue weighted by Crippen LogP contribution is -2.39. The Morgan fingerprint density at radius 2 is 1.93 bits per heavy atom. The highest BCUT2D eigenvalue weighted by Gasteiger charge is 2.32. The fourth-order valence-electron chi connectivity index (χ4n) is 2.54.